The quantitative estimate of drug-likeness (QED) is 0.789. The molecule has 3 unspecified atom stereocenters. The Labute approximate surface area is 128 Å². The molecule has 0 bridgehead atoms. The van der Waals surface area contributed by atoms with Gasteiger partial charge in [0.25, 0.3) is 0 Å². The number of urea groups is 1. The summed E-state index contributed by atoms with van der Waals surface area (Å²) in [4.78, 5) is 27.7. The Morgan fingerprint density at radius 3 is 2.76 bits per heavy atom. The van der Waals surface area contributed by atoms with Gasteiger partial charge < -0.3 is 19.6 Å². The molecule has 6 nitrogen and oxygen atoms in total. The lowest BCUT2D eigenvalue weighted by Gasteiger charge is -2.46. The molecule has 1 N–H and O–H groups in total. The first-order valence-electron chi connectivity index (χ1n) is 7.68. The summed E-state index contributed by atoms with van der Waals surface area (Å²) in [5, 5.41) is 9.34. The first-order chi connectivity index (χ1) is 10.2. The van der Waals surface area contributed by atoms with E-state index in [2.05, 4.69) is 0 Å². The molecule has 3 fully saturated rings. The van der Waals surface area contributed by atoms with E-state index in [0.29, 0.717) is 25.4 Å². The second-order valence-corrected chi connectivity index (χ2v) is 7.01. The standard InChI is InChI=1S/C14H22N2O4S/c17-13(18)11-9-21-8-6-16(11)14(19)15-5-7-20-12-4-2-1-3-10(12)15/h10-12H,1-9H2,(H,17,18). The Balaban J connectivity index is 1.74. The monoisotopic (exact) mass is 314 g/mol. The number of fused-ring (bicyclic) bond motifs is 1. The molecule has 21 heavy (non-hydrogen) atoms. The second-order valence-electron chi connectivity index (χ2n) is 5.86. The van der Waals surface area contributed by atoms with Crippen molar-refractivity contribution in [3.8, 4) is 0 Å². The number of hydrogen-bond acceptors (Lipinski definition) is 4. The zero-order valence-corrected chi connectivity index (χ0v) is 12.9. The lowest BCUT2D eigenvalue weighted by Crippen LogP contribution is -2.61. The fraction of sp³-hybridized carbons (Fsp3) is 0.857. The topological polar surface area (TPSA) is 70.1 Å². The van der Waals surface area contributed by atoms with Crippen LogP contribution in [0.15, 0.2) is 0 Å². The molecule has 3 aliphatic rings. The Morgan fingerprint density at radius 1 is 1.14 bits per heavy atom. The minimum absolute atomic E-state index is 0.108. The summed E-state index contributed by atoms with van der Waals surface area (Å²) < 4.78 is 5.79. The number of aliphatic carboxylic acids is 1. The summed E-state index contributed by atoms with van der Waals surface area (Å²) in [6.07, 6.45) is 4.39. The van der Waals surface area contributed by atoms with Gasteiger partial charge in [-0.25, -0.2) is 9.59 Å². The molecule has 3 atom stereocenters. The zero-order valence-electron chi connectivity index (χ0n) is 12.1. The predicted molar refractivity (Wildman–Crippen MR) is 79.6 cm³/mol. The van der Waals surface area contributed by atoms with Gasteiger partial charge in [0.1, 0.15) is 6.04 Å². The Hall–Kier alpha value is -0.950. The molecule has 1 saturated carbocycles. The number of carboxylic acids is 1. The van der Waals surface area contributed by atoms with Gasteiger partial charge in [0, 0.05) is 24.6 Å². The van der Waals surface area contributed by atoms with Crippen LogP contribution in [-0.2, 0) is 9.53 Å². The lowest BCUT2D eigenvalue weighted by atomic mass is 9.90. The van der Waals surface area contributed by atoms with E-state index in [1.165, 1.54) is 0 Å². The minimum atomic E-state index is -0.899. The van der Waals surface area contributed by atoms with Crippen molar-refractivity contribution in [1.29, 1.82) is 0 Å². The van der Waals surface area contributed by atoms with Gasteiger partial charge in [0.05, 0.1) is 18.8 Å². The number of ether oxygens (including phenoxy) is 1. The maximum Gasteiger partial charge on any atom is 0.327 e. The third kappa shape index (κ3) is 2.99. The predicted octanol–water partition coefficient (Wildman–Crippen LogP) is 1.25. The molecule has 7 heteroatoms. The number of carbonyl (C=O) groups excluding carboxylic acids is 1. The smallest absolute Gasteiger partial charge is 0.327 e. The summed E-state index contributed by atoms with van der Waals surface area (Å²) >= 11 is 1.60. The van der Waals surface area contributed by atoms with E-state index < -0.39 is 12.0 Å². The molecular weight excluding hydrogens is 292 g/mol. The number of carbonyl (C=O) groups is 2. The summed E-state index contributed by atoms with van der Waals surface area (Å²) in [7, 11) is 0. The van der Waals surface area contributed by atoms with Crippen molar-refractivity contribution in [2.45, 2.75) is 43.9 Å². The molecular formula is C14H22N2O4S. The van der Waals surface area contributed by atoms with Crippen molar-refractivity contribution in [1.82, 2.24) is 9.80 Å². The SMILES string of the molecule is O=C(O)C1CSCCN1C(=O)N1CCOC2CCCCC21. The lowest BCUT2D eigenvalue weighted by molar-refractivity contribution is -0.142. The maximum atomic E-state index is 12.8. The average Bonchev–Trinajstić information content (AvgIpc) is 2.53. The Kier molecular flexibility index (Phi) is 4.59. The van der Waals surface area contributed by atoms with Gasteiger partial charge in [-0.3, -0.25) is 0 Å². The van der Waals surface area contributed by atoms with E-state index >= 15 is 0 Å². The molecule has 1 aliphatic carbocycles. The highest BCUT2D eigenvalue weighted by molar-refractivity contribution is 7.99. The van der Waals surface area contributed by atoms with Gasteiger partial charge in [-0.15, -0.1) is 0 Å². The van der Waals surface area contributed by atoms with Crippen molar-refractivity contribution in [3.63, 3.8) is 0 Å². The van der Waals surface area contributed by atoms with Crippen LogP contribution in [0.2, 0.25) is 0 Å². The van der Waals surface area contributed by atoms with Crippen LogP contribution in [0, 0.1) is 0 Å². The highest BCUT2D eigenvalue weighted by atomic mass is 32.2. The number of rotatable bonds is 1. The van der Waals surface area contributed by atoms with Crippen LogP contribution < -0.4 is 0 Å². The van der Waals surface area contributed by atoms with Gasteiger partial charge in [-0.05, 0) is 12.8 Å². The van der Waals surface area contributed by atoms with Crippen LogP contribution in [0.25, 0.3) is 0 Å². The number of amides is 2. The largest absolute Gasteiger partial charge is 0.480 e. The van der Waals surface area contributed by atoms with Crippen LogP contribution in [0.4, 0.5) is 4.79 Å². The molecule has 0 radical (unpaired) electrons. The van der Waals surface area contributed by atoms with Gasteiger partial charge in [0.15, 0.2) is 0 Å². The molecule has 0 aromatic carbocycles. The van der Waals surface area contributed by atoms with E-state index in [0.717, 1.165) is 31.4 Å². The van der Waals surface area contributed by atoms with Crippen LogP contribution >= 0.6 is 11.8 Å². The van der Waals surface area contributed by atoms with Crippen molar-refractivity contribution in [2.75, 3.05) is 31.2 Å². The Morgan fingerprint density at radius 2 is 1.95 bits per heavy atom. The van der Waals surface area contributed by atoms with Gasteiger partial charge in [-0.1, -0.05) is 12.8 Å². The van der Waals surface area contributed by atoms with E-state index in [-0.39, 0.29) is 18.2 Å². The molecule has 2 heterocycles. The van der Waals surface area contributed by atoms with Crippen LogP contribution in [-0.4, -0.2) is 76.3 Å². The molecule has 118 valence electrons. The fourth-order valence-corrected chi connectivity index (χ4v) is 4.57. The van der Waals surface area contributed by atoms with Crippen molar-refractivity contribution >= 4 is 23.8 Å². The fourth-order valence-electron chi connectivity index (χ4n) is 3.54. The van der Waals surface area contributed by atoms with Crippen molar-refractivity contribution < 1.29 is 19.4 Å². The number of nitrogens with zero attached hydrogens (tertiary/aromatic N) is 2. The molecule has 0 spiro atoms. The first-order valence-corrected chi connectivity index (χ1v) is 8.83. The minimum Gasteiger partial charge on any atom is -0.480 e. The van der Waals surface area contributed by atoms with Crippen LogP contribution in [0.1, 0.15) is 25.7 Å². The molecule has 2 amide bonds. The number of thioether (sulfide) groups is 1. The van der Waals surface area contributed by atoms with Crippen LogP contribution in [0.5, 0.6) is 0 Å². The highest BCUT2D eigenvalue weighted by Gasteiger charge is 2.41. The van der Waals surface area contributed by atoms with Gasteiger partial charge in [0.2, 0.25) is 0 Å². The zero-order chi connectivity index (χ0) is 14.8. The molecule has 0 aromatic rings. The number of carboxylic acid groups (broad SMARTS) is 1. The summed E-state index contributed by atoms with van der Waals surface area (Å²) in [5.74, 6) is 0.400. The molecule has 3 rings (SSSR count). The van der Waals surface area contributed by atoms with E-state index in [1.54, 1.807) is 16.7 Å². The summed E-state index contributed by atoms with van der Waals surface area (Å²) in [5.41, 5.74) is 0. The van der Waals surface area contributed by atoms with Crippen LogP contribution in [0.3, 0.4) is 0 Å². The molecule has 0 aromatic heterocycles. The van der Waals surface area contributed by atoms with E-state index in [1.807, 2.05) is 4.90 Å². The van der Waals surface area contributed by atoms with E-state index in [9.17, 15) is 14.7 Å². The van der Waals surface area contributed by atoms with Crippen molar-refractivity contribution in [2.24, 2.45) is 0 Å². The highest BCUT2D eigenvalue weighted by Crippen LogP contribution is 2.30. The first kappa shape index (κ1) is 15.0. The maximum absolute atomic E-state index is 12.8. The summed E-state index contributed by atoms with van der Waals surface area (Å²) in [6.45, 7) is 1.67. The third-order valence-corrected chi connectivity index (χ3v) is 5.66. The third-order valence-electron chi connectivity index (χ3n) is 4.64. The Bertz CT molecular complexity index is 418. The number of morpholine rings is 1. The second kappa shape index (κ2) is 6.44. The molecule has 2 saturated heterocycles. The number of hydrogen-bond donors (Lipinski definition) is 1. The van der Waals surface area contributed by atoms with Crippen molar-refractivity contribution in [3.05, 3.63) is 0 Å². The normalized spacial score (nSPS) is 33.4. The average molecular weight is 314 g/mol. The van der Waals surface area contributed by atoms with Gasteiger partial charge >= 0.3 is 12.0 Å². The molecule has 2 aliphatic heterocycles. The van der Waals surface area contributed by atoms with Gasteiger partial charge in [-0.2, -0.15) is 11.8 Å². The summed E-state index contributed by atoms with van der Waals surface area (Å²) in [6, 6.07) is -0.673. The van der Waals surface area contributed by atoms with E-state index in [4.69, 9.17) is 4.74 Å².